The van der Waals surface area contributed by atoms with Crippen LogP contribution in [0.2, 0.25) is 0 Å². The maximum absolute atomic E-state index is 11.0. The zero-order valence-electron chi connectivity index (χ0n) is 45.3. The third-order valence-electron chi connectivity index (χ3n) is 17.6. The van der Waals surface area contributed by atoms with E-state index >= 15 is 0 Å². The summed E-state index contributed by atoms with van der Waals surface area (Å²) in [6.07, 6.45) is 0. The number of para-hydroxylation sites is 3. The highest BCUT2D eigenvalue weighted by Crippen LogP contribution is 2.50. The number of fused-ring (bicyclic) bond motifs is 12. The maximum atomic E-state index is 11.0. The molecule has 6 aliphatic heterocycles. The van der Waals surface area contributed by atoms with E-state index in [-0.39, 0.29) is 20.1 Å². The van der Waals surface area contributed by atoms with Gasteiger partial charge in [-0.2, -0.15) is 10.5 Å². The van der Waals surface area contributed by atoms with Crippen LogP contribution in [-0.4, -0.2) is 20.1 Å². The second kappa shape index (κ2) is 16.8. The SMILES string of the molecule is [C-]#[N+]c1cc2c3c(c1)N(c1c(C)cc(C)cc1C)c1cc4c(cc1B3c1ccccc1O2)B1c2cc3c(cc2N(c2c(C)cc(C)cc2C)c2cc(C#N)cc(c21)O4)Nc1cc(C#N)cc2c1B3c1ccccc1N2c1ccccc1. The van der Waals surface area contributed by atoms with E-state index in [1.807, 2.05) is 54.6 Å². The van der Waals surface area contributed by atoms with Gasteiger partial charge >= 0.3 is 0 Å². The Morgan fingerprint density at radius 3 is 1.62 bits per heavy atom. The fourth-order valence-electron chi connectivity index (χ4n) is 14.8. The molecule has 10 aromatic carbocycles. The van der Waals surface area contributed by atoms with Gasteiger partial charge in [0.05, 0.1) is 41.2 Å². The fourth-order valence-corrected chi connectivity index (χ4v) is 14.8. The molecule has 0 unspecified atom stereocenters. The number of nitriles is 2. The molecule has 0 amide bonds. The standard InChI is InChI=1S/C69H46B3N7O2/c1-37-21-39(3)68(40(4)22-37)78-56-33-53-49(70-47-17-11-13-19-55(47)77(46-15-9-8-10-16-46)58-26-43(35-73)25-54(76-53)65(58)70)31-50(56)72-52-32-51-57(34-62(52)81-63-28-44(36-74)27-59(78)66(63)72)79(69-41(5)23-38(2)24-42(69)6)60-29-45(75-7)30-64-67(60)71(51)48-18-12-14-20-61(48)80-64/h8-34,76H,1-6H3. The maximum Gasteiger partial charge on any atom is 0.256 e. The van der Waals surface area contributed by atoms with Crippen LogP contribution in [-0.2, 0) is 0 Å². The Bertz CT molecular complexity index is 4640. The lowest BCUT2D eigenvalue weighted by atomic mass is 9.29. The van der Waals surface area contributed by atoms with Crippen molar-refractivity contribution in [2.24, 2.45) is 0 Å². The number of nitrogens with one attached hydrogen (secondary N) is 1. The number of hydrogen-bond acceptors (Lipinski definition) is 8. The van der Waals surface area contributed by atoms with Gasteiger partial charge in [0.1, 0.15) is 23.0 Å². The van der Waals surface area contributed by atoms with E-state index in [9.17, 15) is 10.5 Å². The van der Waals surface area contributed by atoms with E-state index < -0.39 is 0 Å². The third-order valence-corrected chi connectivity index (χ3v) is 17.6. The zero-order chi connectivity index (χ0) is 54.9. The van der Waals surface area contributed by atoms with Crippen LogP contribution in [0.4, 0.5) is 68.2 Å². The molecule has 81 heavy (non-hydrogen) atoms. The van der Waals surface area contributed by atoms with E-state index in [0.29, 0.717) is 34.1 Å². The summed E-state index contributed by atoms with van der Waals surface area (Å²) in [4.78, 5) is 11.0. The Hall–Kier alpha value is -10.3. The van der Waals surface area contributed by atoms with Crippen molar-refractivity contribution in [2.75, 3.05) is 20.0 Å². The molecule has 0 aliphatic carbocycles. The molecule has 0 aromatic heterocycles. The molecule has 6 heterocycles. The van der Waals surface area contributed by atoms with Gasteiger partial charge < -0.3 is 29.5 Å². The molecule has 0 atom stereocenters. The monoisotopic (exact) mass is 1040 g/mol. The van der Waals surface area contributed by atoms with Crippen molar-refractivity contribution in [1.82, 2.24) is 0 Å². The highest BCUT2D eigenvalue weighted by Gasteiger charge is 2.49. The van der Waals surface area contributed by atoms with Gasteiger partial charge in [-0.05, 0) is 180 Å². The second-order valence-electron chi connectivity index (χ2n) is 22.6. The number of ether oxygens (including phenoxy) is 2. The topological polar surface area (TPSA) is 92.1 Å². The third kappa shape index (κ3) is 6.49. The summed E-state index contributed by atoms with van der Waals surface area (Å²) in [5.41, 5.74) is 28.6. The van der Waals surface area contributed by atoms with Gasteiger partial charge in [-0.25, -0.2) is 4.85 Å². The van der Waals surface area contributed by atoms with Crippen LogP contribution >= 0.6 is 0 Å². The molecule has 9 nitrogen and oxygen atoms in total. The van der Waals surface area contributed by atoms with E-state index in [1.54, 1.807) is 0 Å². The van der Waals surface area contributed by atoms with Gasteiger partial charge in [-0.3, -0.25) is 0 Å². The molecule has 0 fully saturated rings. The lowest BCUT2D eigenvalue weighted by Crippen LogP contribution is -2.65. The first-order chi connectivity index (χ1) is 39.5. The minimum atomic E-state index is -0.363. The average Bonchev–Trinajstić information content (AvgIpc) is 2.91. The number of benzene rings is 10. The second-order valence-corrected chi connectivity index (χ2v) is 22.6. The molecular formula is C69H46B3N7O2. The lowest BCUT2D eigenvalue weighted by molar-refractivity contribution is 0.487. The van der Waals surface area contributed by atoms with Gasteiger partial charge in [0, 0.05) is 57.3 Å². The smallest absolute Gasteiger partial charge is 0.256 e. The summed E-state index contributed by atoms with van der Waals surface area (Å²) in [6, 6.07) is 62.7. The molecule has 16 rings (SSSR count). The average molecular weight is 1040 g/mol. The lowest BCUT2D eigenvalue weighted by Gasteiger charge is -2.45. The number of hydrogen-bond donors (Lipinski definition) is 1. The first kappa shape index (κ1) is 46.7. The van der Waals surface area contributed by atoms with E-state index in [2.05, 4.69) is 188 Å². The zero-order valence-corrected chi connectivity index (χ0v) is 45.3. The van der Waals surface area contributed by atoms with Crippen LogP contribution in [0.5, 0.6) is 23.0 Å². The minimum absolute atomic E-state index is 0.204. The highest BCUT2D eigenvalue weighted by molar-refractivity contribution is 7.04. The molecule has 0 bridgehead atoms. The van der Waals surface area contributed by atoms with Crippen molar-refractivity contribution in [3.8, 4) is 35.1 Å². The van der Waals surface area contributed by atoms with Gasteiger partial charge in [-0.1, -0.05) is 102 Å². The first-order valence-electron chi connectivity index (χ1n) is 27.5. The molecule has 10 aromatic rings. The van der Waals surface area contributed by atoms with Crippen LogP contribution in [0.1, 0.15) is 44.5 Å². The highest BCUT2D eigenvalue weighted by atomic mass is 16.5. The van der Waals surface area contributed by atoms with E-state index in [0.717, 1.165) is 140 Å². The molecule has 12 heteroatoms. The van der Waals surface area contributed by atoms with Crippen molar-refractivity contribution >= 4 is 138 Å². The predicted octanol–water partition coefficient (Wildman–Crippen LogP) is 11.0. The van der Waals surface area contributed by atoms with Crippen molar-refractivity contribution in [3.63, 3.8) is 0 Å². The summed E-state index contributed by atoms with van der Waals surface area (Å²) >= 11 is 0. The van der Waals surface area contributed by atoms with Crippen LogP contribution in [0.3, 0.4) is 0 Å². The van der Waals surface area contributed by atoms with Crippen LogP contribution in [0.25, 0.3) is 4.85 Å². The Morgan fingerprint density at radius 1 is 0.420 bits per heavy atom. The van der Waals surface area contributed by atoms with Crippen LogP contribution in [0, 0.1) is 70.8 Å². The van der Waals surface area contributed by atoms with Gasteiger partial charge in [0.2, 0.25) is 0 Å². The fraction of sp³-hybridized carbons (Fsp3) is 0.0870. The summed E-state index contributed by atoms with van der Waals surface area (Å²) in [5.74, 6) is 2.76. The molecule has 378 valence electrons. The Labute approximate surface area is 471 Å². The summed E-state index contributed by atoms with van der Waals surface area (Å²) in [7, 11) is 0. The predicted molar refractivity (Wildman–Crippen MR) is 331 cm³/mol. The molecule has 0 radical (unpaired) electrons. The first-order valence-corrected chi connectivity index (χ1v) is 27.5. The minimum Gasteiger partial charge on any atom is -0.460 e. The van der Waals surface area contributed by atoms with Gasteiger partial charge in [0.25, 0.3) is 20.1 Å². The van der Waals surface area contributed by atoms with Crippen LogP contribution < -0.4 is 78.7 Å². The van der Waals surface area contributed by atoms with Crippen LogP contribution in [0.15, 0.2) is 164 Å². The Kier molecular flexibility index (Phi) is 9.72. The summed E-state index contributed by atoms with van der Waals surface area (Å²) < 4.78 is 14.3. The van der Waals surface area contributed by atoms with Crippen molar-refractivity contribution in [2.45, 2.75) is 41.5 Å². The van der Waals surface area contributed by atoms with E-state index in [4.69, 9.17) is 16.0 Å². The summed E-state index contributed by atoms with van der Waals surface area (Å²) in [6.45, 7) is 20.5. The normalized spacial score (nSPS) is 13.7. The van der Waals surface area contributed by atoms with Gasteiger partial charge in [-0.15, -0.1) is 0 Å². The largest absolute Gasteiger partial charge is 0.460 e. The number of rotatable bonds is 3. The van der Waals surface area contributed by atoms with Gasteiger partial charge in [0.15, 0.2) is 5.69 Å². The molecule has 1 N–H and O–H groups in total. The summed E-state index contributed by atoms with van der Waals surface area (Å²) in [5, 5.41) is 25.6. The molecule has 0 saturated carbocycles. The Morgan fingerprint density at radius 2 is 0.951 bits per heavy atom. The molecule has 0 saturated heterocycles. The number of nitrogens with zero attached hydrogens (tertiary/aromatic N) is 6. The molecule has 0 spiro atoms. The quantitative estimate of drug-likeness (QED) is 0.138. The molecular weight excluding hydrogens is 991 g/mol. The van der Waals surface area contributed by atoms with E-state index in [1.165, 1.54) is 11.1 Å². The van der Waals surface area contributed by atoms with Crippen molar-refractivity contribution < 1.29 is 9.47 Å². The van der Waals surface area contributed by atoms with Crippen molar-refractivity contribution in [3.05, 3.63) is 220 Å². The number of aryl methyl sites for hydroxylation is 6. The number of anilines is 11. The van der Waals surface area contributed by atoms with Crippen molar-refractivity contribution in [1.29, 1.82) is 10.5 Å². The molecule has 6 aliphatic rings. The Balaban J connectivity index is 1.01.